The summed E-state index contributed by atoms with van der Waals surface area (Å²) < 4.78 is 7.17. The zero-order chi connectivity index (χ0) is 15.7. The van der Waals surface area contributed by atoms with Gasteiger partial charge in [0, 0.05) is 56.5 Å². The molecule has 0 bridgehead atoms. The minimum atomic E-state index is -0.556. The van der Waals surface area contributed by atoms with Gasteiger partial charge in [-0.25, -0.2) is 9.50 Å². The van der Waals surface area contributed by atoms with E-state index in [1.165, 1.54) is 5.69 Å². The molecule has 2 aromatic rings. The van der Waals surface area contributed by atoms with E-state index in [-0.39, 0.29) is 0 Å². The largest absolute Gasteiger partial charge is 0.388 e. The van der Waals surface area contributed by atoms with Gasteiger partial charge in [0.1, 0.15) is 0 Å². The first kappa shape index (κ1) is 15.1. The topological polar surface area (TPSA) is 62.9 Å². The molecule has 0 unspecified atom stereocenters. The number of likely N-dealkylation sites (tertiary alicyclic amines) is 1. The van der Waals surface area contributed by atoms with Crippen LogP contribution in [0.5, 0.6) is 0 Å². The SMILES string of the molecule is OC1(CN2CCC(c3ccn4nccc4n3)CC2)CCOCC1. The molecule has 6 heteroatoms. The van der Waals surface area contributed by atoms with Gasteiger partial charge in [-0.05, 0) is 32.0 Å². The van der Waals surface area contributed by atoms with Crippen molar-refractivity contribution in [2.24, 2.45) is 0 Å². The predicted molar refractivity (Wildman–Crippen MR) is 86.4 cm³/mol. The Morgan fingerprint density at radius 1 is 1.22 bits per heavy atom. The lowest BCUT2D eigenvalue weighted by Gasteiger charge is -2.39. The lowest BCUT2D eigenvalue weighted by atomic mass is 9.90. The smallest absolute Gasteiger partial charge is 0.155 e. The lowest BCUT2D eigenvalue weighted by Crippen LogP contribution is -2.48. The Balaban J connectivity index is 1.36. The summed E-state index contributed by atoms with van der Waals surface area (Å²) in [6.07, 6.45) is 7.49. The highest BCUT2D eigenvalue weighted by atomic mass is 16.5. The third-order valence-corrected chi connectivity index (χ3v) is 5.23. The summed E-state index contributed by atoms with van der Waals surface area (Å²) >= 11 is 0. The Morgan fingerprint density at radius 2 is 2.00 bits per heavy atom. The summed E-state index contributed by atoms with van der Waals surface area (Å²) in [5, 5.41) is 14.9. The van der Waals surface area contributed by atoms with Crippen LogP contribution in [0.2, 0.25) is 0 Å². The van der Waals surface area contributed by atoms with Crippen LogP contribution in [0.3, 0.4) is 0 Å². The van der Waals surface area contributed by atoms with Gasteiger partial charge >= 0.3 is 0 Å². The van der Waals surface area contributed by atoms with Crippen molar-refractivity contribution >= 4 is 5.65 Å². The van der Waals surface area contributed by atoms with E-state index in [1.807, 2.05) is 12.3 Å². The molecule has 2 aromatic heterocycles. The molecule has 2 fully saturated rings. The fraction of sp³-hybridized carbons (Fsp3) is 0.647. The van der Waals surface area contributed by atoms with Crippen LogP contribution < -0.4 is 0 Å². The molecule has 0 aromatic carbocycles. The highest BCUT2D eigenvalue weighted by molar-refractivity contribution is 5.37. The van der Waals surface area contributed by atoms with Gasteiger partial charge in [-0.1, -0.05) is 0 Å². The number of aromatic nitrogens is 3. The maximum atomic E-state index is 10.7. The first-order valence-electron chi connectivity index (χ1n) is 8.55. The summed E-state index contributed by atoms with van der Waals surface area (Å²) in [5.74, 6) is 0.510. The minimum Gasteiger partial charge on any atom is -0.388 e. The van der Waals surface area contributed by atoms with Crippen molar-refractivity contribution < 1.29 is 9.84 Å². The van der Waals surface area contributed by atoms with Crippen molar-refractivity contribution in [3.8, 4) is 0 Å². The van der Waals surface area contributed by atoms with Crippen molar-refractivity contribution in [1.29, 1.82) is 0 Å². The van der Waals surface area contributed by atoms with Crippen LogP contribution in [0.4, 0.5) is 0 Å². The minimum absolute atomic E-state index is 0.510. The summed E-state index contributed by atoms with van der Waals surface area (Å²) in [6.45, 7) is 4.20. The fourth-order valence-corrected chi connectivity index (χ4v) is 3.77. The third-order valence-electron chi connectivity index (χ3n) is 5.23. The molecular weight excluding hydrogens is 292 g/mol. The monoisotopic (exact) mass is 316 g/mol. The third kappa shape index (κ3) is 3.24. The average molecular weight is 316 g/mol. The molecule has 2 aliphatic heterocycles. The van der Waals surface area contributed by atoms with Crippen LogP contribution in [0.15, 0.2) is 24.5 Å². The maximum Gasteiger partial charge on any atom is 0.155 e. The van der Waals surface area contributed by atoms with E-state index in [0.29, 0.717) is 19.1 Å². The Morgan fingerprint density at radius 3 is 2.78 bits per heavy atom. The Labute approximate surface area is 136 Å². The molecule has 124 valence electrons. The molecule has 4 rings (SSSR count). The number of nitrogens with zero attached hydrogens (tertiary/aromatic N) is 4. The molecule has 0 aliphatic carbocycles. The summed E-state index contributed by atoms with van der Waals surface area (Å²) in [4.78, 5) is 7.13. The number of rotatable bonds is 3. The fourth-order valence-electron chi connectivity index (χ4n) is 3.77. The van der Waals surface area contributed by atoms with Crippen molar-refractivity contribution in [2.45, 2.75) is 37.2 Å². The molecular formula is C17H24N4O2. The standard InChI is InChI=1S/C17H24N4O2/c22-17(5-11-23-12-6-17)13-20-8-2-14(3-9-20)15-4-10-21-16(19-15)1-7-18-21/h1,4,7,10,14,22H,2-3,5-6,8-9,11-13H2. The summed E-state index contributed by atoms with van der Waals surface area (Å²) in [7, 11) is 0. The van der Waals surface area contributed by atoms with Crippen LogP contribution in [0, 0.1) is 0 Å². The number of aliphatic hydroxyl groups is 1. The average Bonchev–Trinajstić information content (AvgIpc) is 3.03. The molecule has 0 spiro atoms. The number of hydrogen-bond acceptors (Lipinski definition) is 5. The van der Waals surface area contributed by atoms with Crippen LogP contribution >= 0.6 is 0 Å². The van der Waals surface area contributed by atoms with Gasteiger partial charge in [0.2, 0.25) is 0 Å². The molecule has 1 N–H and O–H groups in total. The Bertz CT molecular complexity index is 657. The second-order valence-electron chi connectivity index (χ2n) is 6.87. The van der Waals surface area contributed by atoms with Crippen LogP contribution in [0.25, 0.3) is 5.65 Å². The molecule has 0 radical (unpaired) electrons. The van der Waals surface area contributed by atoms with E-state index in [2.05, 4.69) is 16.1 Å². The number of fused-ring (bicyclic) bond motifs is 1. The van der Waals surface area contributed by atoms with Gasteiger partial charge in [0.05, 0.1) is 11.8 Å². The van der Waals surface area contributed by atoms with Gasteiger partial charge in [-0.2, -0.15) is 5.10 Å². The van der Waals surface area contributed by atoms with Crippen molar-refractivity contribution in [3.05, 3.63) is 30.2 Å². The highest BCUT2D eigenvalue weighted by Gasteiger charge is 2.33. The Hall–Kier alpha value is -1.50. The molecule has 23 heavy (non-hydrogen) atoms. The molecule has 0 atom stereocenters. The van der Waals surface area contributed by atoms with Crippen molar-refractivity contribution in [3.63, 3.8) is 0 Å². The van der Waals surface area contributed by atoms with Crippen LogP contribution in [0.1, 0.15) is 37.3 Å². The van der Waals surface area contributed by atoms with Gasteiger partial charge < -0.3 is 14.7 Å². The second kappa shape index (κ2) is 6.19. The second-order valence-corrected chi connectivity index (χ2v) is 6.87. The molecule has 0 amide bonds. The quantitative estimate of drug-likeness (QED) is 0.928. The van der Waals surface area contributed by atoms with Gasteiger partial charge in [0.25, 0.3) is 0 Å². The van der Waals surface area contributed by atoms with E-state index < -0.39 is 5.60 Å². The van der Waals surface area contributed by atoms with E-state index in [1.54, 1.807) is 10.7 Å². The highest BCUT2D eigenvalue weighted by Crippen LogP contribution is 2.29. The zero-order valence-electron chi connectivity index (χ0n) is 13.4. The number of β-amino-alcohol motifs (C(OH)–C–C–N with tert-alkyl or cyclic N) is 1. The molecule has 2 saturated heterocycles. The van der Waals surface area contributed by atoms with Gasteiger partial charge in [-0.3, -0.25) is 0 Å². The van der Waals surface area contributed by atoms with Crippen LogP contribution in [-0.2, 0) is 4.74 Å². The molecule has 0 saturated carbocycles. The van der Waals surface area contributed by atoms with Crippen molar-refractivity contribution in [1.82, 2.24) is 19.5 Å². The first-order chi connectivity index (χ1) is 11.2. The summed E-state index contributed by atoms with van der Waals surface area (Å²) in [5.41, 5.74) is 1.53. The van der Waals surface area contributed by atoms with E-state index in [4.69, 9.17) is 9.72 Å². The Kier molecular flexibility index (Phi) is 4.05. The number of piperidine rings is 1. The number of hydrogen-bond donors (Lipinski definition) is 1. The van der Waals surface area contributed by atoms with E-state index >= 15 is 0 Å². The zero-order valence-corrected chi connectivity index (χ0v) is 13.4. The normalized spacial score (nSPS) is 23.3. The van der Waals surface area contributed by atoms with Crippen LogP contribution in [-0.4, -0.2) is 63.1 Å². The number of ether oxygens (including phenoxy) is 1. The van der Waals surface area contributed by atoms with E-state index in [9.17, 15) is 5.11 Å². The van der Waals surface area contributed by atoms with Crippen molar-refractivity contribution in [2.75, 3.05) is 32.8 Å². The molecule has 2 aliphatic rings. The predicted octanol–water partition coefficient (Wildman–Crippen LogP) is 1.45. The molecule has 4 heterocycles. The molecule has 6 nitrogen and oxygen atoms in total. The van der Waals surface area contributed by atoms with E-state index in [0.717, 1.165) is 51.0 Å². The maximum absolute atomic E-state index is 10.7. The first-order valence-corrected chi connectivity index (χ1v) is 8.55. The summed E-state index contributed by atoms with van der Waals surface area (Å²) in [6, 6.07) is 4.03. The van der Waals surface area contributed by atoms with Gasteiger partial charge in [-0.15, -0.1) is 0 Å². The van der Waals surface area contributed by atoms with Gasteiger partial charge in [0.15, 0.2) is 5.65 Å². The lowest BCUT2D eigenvalue weighted by molar-refractivity contribution is -0.0821.